The molecule has 1 atom stereocenters. The molecule has 0 radical (unpaired) electrons. The fourth-order valence-electron chi connectivity index (χ4n) is 1.97. The molecule has 1 unspecified atom stereocenters. The van der Waals surface area contributed by atoms with Crippen LogP contribution in [0.25, 0.3) is 0 Å². The third kappa shape index (κ3) is 3.85. The molecule has 0 aliphatic carbocycles. The zero-order valence-corrected chi connectivity index (χ0v) is 12.3. The van der Waals surface area contributed by atoms with Gasteiger partial charge in [0, 0.05) is 6.04 Å². The average Bonchev–Trinajstić information content (AvgIpc) is 2.33. The van der Waals surface area contributed by atoms with E-state index in [1.54, 1.807) is 12.1 Å². The van der Waals surface area contributed by atoms with Gasteiger partial charge in [0.2, 0.25) is 0 Å². The predicted octanol–water partition coefficient (Wildman–Crippen LogP) is 3.94. The van der Waals surface area contributed by atoms with Crippen LogP contribution < -0.4 is 5.32 Å². The molecule has 5 heteroatoms. The molecule has 0 aliphatic rings. The van der Waals surface area contributed by atoms with Gasteiger partial charge >= 0.3 is 0 Å². The van der Waals surface area contributed by atoms with Gasteiger partial charge in [-0.2, -0.15) is 0 Å². The molecule has 1 N–H and O–H groups in total. The Bertz CT molecular complexity index is 419. The standard InChI is InChI=1S/C13H18Cl2N2O/c1-4-9(5-2)8(3)16-13(18)12-10(14)6-7-11(15)17-12/h6-9H,4-5H2,1-3H3,(H,16,18). The Labute approximate surface area is 118 Å². The molecular formula is C13H18Cl2N2O. The van der Waals surface area contributed by atoms with Gasteiger partial charge in [-0.1, -0.05) is 49.9 Å². The van der Waals surface area contributed by atoms with Crippen LogP contribution in [0.4, 0.5) is 0 Å². The molecule has 100 valence electrons. The molecule has 0 aliphatic heterocycles. The molecule has 0 spiro atoms. The molecule has 1 rings (SSSR count). The first-order chi connectivity index (χ1) is 8.49. The maximum atomic E-state index is 12.0. The molecule has 1 heterocycles. The summed E-state index contributed by atoms with van der Waals surface area (Å²) < 4.78 is 0. The van der Waals surface area contributed by atoms with Crippen LogP contribution in [0.15, 0.2) is 12.1 Å². The molecule has 0 fully saturated rings. The highest BCUT2D eigenvalue weighted by molar-refractivity contribution is 6.34. The summed E-state index contributed by atoms with van der Waals surface area (Å²) in [6, 6.07) is 3.22. The second-order valence-corrected chi connectivity index (χ2v) is 5.10. The third-order valence-corrected chi connectivity index (χ3v) is 3.66. The number of carbonyl (C=O) groups excluding carboxylic acids is 1. The van der Waals surface area contributed by atoms with Gasteiger partial charge in [-0.25, -0.2) is 4.98 Å². The van der Waals surface area contributed by atoms with E-state index in [1.807, 2.05) is 6.92 Å². The van der Waals surface area contributed by atoms with Crippen molar-refractivity contribution in [1.82, 2.24) is 10.3 Å². The van der Waals surface area contributed by atoms with Crippen molar-refractivity contribution in [3.63, 3.8) is 0 Å². The molecule has 18 heavy (non-hydrogen) atoms. The third-order valence-electron chi connectivity index (χ3n) is 3.14. The van der Waals surface area contributed by atoms with E-state index in [-0.39, 0.29) is 22.8 Å². The van der Waals surface area contributed by atoms with Crippen LogP contribution in [-0.2, 0) is 0 Å². The van der Waals surface area contributed by atoms with Gasteiger partial charge in [0.1, 0.15) is 10.8 Å². The van der Waals surface area contributed by atoms with Crippen molar-refractivity contribution in [3.05, 3.63) is 28.0 Å². The molecule has 3 nitrogen and oxygen atoms in total. The number of carbonyl (C=O) groups is 1. The summed E-state index contributed by atoms with van der Waals surface area (Å²) in [6.45, 7) is 6.22. The van der Waals surface area contributed by atoms with E-state index in [4.69, 9.17) is 23.2 Å². The molecule has 0 saturated carbocycles. The van der Waals surface area contributed by atoms with Crippen LogP contribution >= 0.6 is 23.2 Å². The smallest absolute Gasteiger partial charge is 0.271 e. The fraction of sp³-hybridized carbons (Fsp3) is 0.538. The number of nitrogens with zero attached hydrogens (tertiary/aromatic N) is 1. The minimum atomic E-state index is -0.276. The van der Waals surface area contributed by atoms with Gasteiger partial charge in [0.05, 0.1) is 5.02 Å². The predicted molar refractivity (Wildman–Crippen MR) is 75.3 cm³/mol. The quantitative estimate of drug-likeness (QED) is 0.834. The summed E-state index contributed by atoms with van der Waals surface area (Å²) in [5.74, 6) is 0.175. The van der Waals surface area contributed by atoms with E-state index >= 15 is 0 Å². The Morgan fingerprint density at radius 2 is 1.94 bits per heavy atom. The largest absolute Gasteiger partial charge is 0.348 e. The molecule has 1 aromatic heterocycles. The lowest BCUT2D eigenvalue weighted by Gasteiger charge is -2.22. The summed E-state index contributed by atoms with van der Waals surface area (Å²) in [6.07, 6.45) is 2.04. The van der Waals surface area contributed by atoms with Crippen molar-refractivity contribution in [3.8, 4) is 0 Å². The number of hydrogen-bond donors (Lipinski definition) is 1. The van der Waals surface area contributed by atoms with Gasteiger partial charge in [-0.15, -0.1) is 0 Å². The lowest BCUT2D eigenvalue weighted by molar-refractivity contribution is 0.0920. The maximum Gasteiger partial charge on any atom is 0.271 e. The average molecular weight is 289 g/mol. The van der Waals surface area contributed by atoms with Crippen molar-refractivity contribution >= 4 is 29.1 Å². The lowest BCUT2D eigenvalue weighted by Crippen LogP contribution is -2.38. The van der Waals surface area contributed by atoms with Gasteiger partial charge in [-0.05, 0) is 25.0 Å². The minimum absolute atomic E-state index is 0.0874. The Balaban J connectivity index is 2.79. The molecular weight excluding hydrogens is 271 g/mol. The molecule has 0 aromatic carbocycles. The number of pyridine rings is 1. The molecule has 0 bridgehead atoms. The lowest BCUT2D eigenvalue weighted by atomic mass is 9.95. The van der Waals surface area contributed by atoms with E-state index < -0.39 is 0 Å². The van der Waals surface area contributed by atoms with Crippen molar-refractivity contribution in [2.45, 2.75) is 39.7 Å². The maximum absolute atomic E-state index is 12.0. The minimum Gasteiger partial charge on any atom is -0.348 e. The Hall–Kier alpha value is -0.800. The number of rotatable bonds is 5. The second kappa shape index (κ2) is 6.95. The van der Waals surface area contributed by atoms with Crippen LogP contribution in [-0.4, -0.2) is 16.9 Å². The highest BCUT2D eigenvalue weighted by Gasteiger charge is 2.19. The van der Waals surface area contributed by atoms with E-state index in [0.29, 0.717) is 10.9 Å². The number of nitrogens with one attached hydrogen (secondary N) is 1. The van der Waals surface area contributed by atoms with Crippen molar-refractivity contribution < 1.29 is 4.79 Å². The first-order valence-corrected chi connectivity index (χ1v) is 6.88. The summed E-state index contributed by atoms with van der Waals surface area (Å²) in [7, 11) is 0. The highest BCUT2D eigenvalue weighted by atomic mass is 35.5. The number of halogens is 2. The SMILES string of the molecule is CCC(CC)C(C)NC(=O)c1nc(Cl)ccc1Cl. The second-order valence-electron chi connectivity index (χ2n) is 4.30. The summed E-state index contributed by atoms with van der Waals surface area (Å²) in [5, 5.41) is 3.50. The van der Waals surface area contributed by atoms with Crippen molar-refractivity contribution in [1.29, 1.82) is 0 Å². The number of hydrogen-bond acceptors (Lipinski definition) is 2. The van der Waals surface area contributed by atoms with Gasteiger partial charge in [-0.3, -0.25) is 4.79 Å². The van der Waals surface area contributed by atoms with Crippen LogP contribution in [0.5, 0.6) is 0 Å². The van der Waals surface area contributed by atoms with Crippen LogP contribution in [0, 0.1) is 5.92 Å². The molecule has 1 aromatic rings. The topological polar surface area (TPSA) is 42.0 Å². The van der Waals surface area contributed by atoms with Crippen molar-refractivity contribution in [2.75, 3.05) is 0 Å². The number of aromatic nitrogens is 1. The van der Waals surface area contributed by atoms with Gasteiger partial charge in [0.25, 0.3) is 5.91 Å². The van der Waals surface area contributed by atoms with Gasteiger partial charge in [0.15, 0.2) is 0 Å². The van der Waals surface area contributed by atoms with E-state index in [1.165, 1.54) is 0 Å². The normalized spacial score (nSPS) is 12.6. The van der Waals surface area contributed by atoms with E-state index in [9.17, 15) is 4.79 Å². The number of amides is 1. The van der Waals surface area contributed by atoms with Crippen LogP contribution in [0.3, 0.4) is 0 Å². The monoisotopic (exact) mass is 288 g/mol. The fourth-order valence-corrected chi connectivity index (χ4v) is 2.30. The Kier molecular flexibility index (Phi) is 5.89. The molecule has 0 saturated heterocycles. The zero-order valence-electron chi connectivity index (χ0n) is 10.8. The summed E-state index contributed by atoms with van der Waals surface area (Å²) in [4.78, 5) is 16.0. The van der Waals surface area contributed by atoms with Gasteiger partial charge < -0.3 is 5.32 Å². The Morgan fingerprint density at radius 3 is 2.50 bits per heavy atom. The highest BCUT2D eigenvalue weighted by Crippen LogP contribution is 2.18. The Morgan fingerprint density at radius 1 is 1.33 bits per heavy atom. The zero-order chi connectivity index (χ0) is 13.7. The first kappa shape index (κ1) is 15.3. The summed E-state index contributed by atoms with van der Waals surface area (Å²) in [5.41, 5.74) is 0.182. The van der Waals surface area contributed by atoms with Crippen LogP contribution in [0.1, 0.15) is 44.1 Å². The van der Waals surface area contributed by atoms with E-state index in [0.717, 1.165) is 12.8 Å². The molecule has 1 amide bonds. The van der Waals surface area contributed by atoms with Crippen molar-refractivity contribution in [2.24, 2.45) is 5.92 Å². The van der Waals surface area contributed by atoms with E-state index in [2.05, 4.69) is 24.1 Å². The first-order valence-electron chi connectivity index (χ1n) is 6.12. The van der Waals surface area contributed by atoms with Crippen LogP contribution in [0.2, 0.25) is 10.2 Å². The summed E-state index contributed by atoms with van der Waals surface area (Å²) >= 11 is 11.7.